The molecule has 0 fully saturated rings. The van der Waals surface area contributed by atoms with Gasteiger partial charge in [0.05, 0.1) is 10.6 Å². The summed E-state index contributed by atoms with van der Waals surface area (Å²) in [5, 5.41) is 3.33. The monoisotopic (exact) mass is 254 g/mol. The number of hydrogen-bond acceptors (Lipinski definition) is 2. The number of hydrogen-bond donors (Lipinski definition) is 1. The van der Waals surface area contributed by atoms with E-state index in [1.165, 1.54) is 6.20 Å². The number of nitrogens with one attached hydrogen (secondary N) is 1. The zero-order valence-corrected chi connectivity index (χ0v) is 11.5. The first kappa shape index (κ1) is 14.0. The largest absolute Gasteiger partial charge is 0.352 e. The van der Waals surface area contributed by atoms with Crippen molar-refractivity contribution in [2.45, 2.75) is 27.7 Å². The summed E-state index contributed by atoms with van der Waals surface area (Å²) in [5.74, 6) is 0.827. The maximum Gasteiger partial charge on any atom is 0.254 e. The lowest BCUT2D eigenvalue weighted by Gasteiger charge is -2.16. The molecule has 0 saturated heterocycles. The number of aromatic nitrogens is 1. The Bertz CT molecular complexity index is 404. The van der Waals surface area contributed by atoms with Crippen molar-refractivity contribution in [2.24, 2.45) is 11.8 Å². The topological polar surface area (TPSA) is 42.0 Å². The highest BCUT2D eigenvalue weighted by Crippen LogP contribution is 2.16. The number of halogens is 1. The van der Waals surface area contributed by atoms with Crippen LogP contribution in [0.4, 0.5) is 0 Å². The molecule has 4 heteroatoms. The molecule has 0 saturated carbocycles. The zero-order valence-electron chi connectivity index (χ0n) is 10.7. The van der Waals surface area contributed by atoms with Crippen LogP contribution in [0.25, 0.3) is 0 Å². The second kappa shape index (κ2) is 6.01. The highest BCUT2D eigenvalue weighted by molar-refractivity contribution is 6.33. The van der Waals surface area contributed by atoms with E-state index < -0.39 is 0 Å². The SMILES string of the molecule is Cc1cc(Cl)c(C(=O)NCC(C)C(C)C)cn1. The standard InChI is InChI=1S/C13H19ClN2O/c1-8(2)9(3)6-16-13(17)11-7-15-10(4)5-12(11)14/h5,7-9H,6H2,1-4H3,(H,16,17). The molecular formula is C13H19ClN2O. The quantitative estimate of drug-likeness (QED) is 0.897. The summed E-state index contributed by atoms with van der Waals surface area (Å²) in [5.41, 5.74) is 1.25. The van der Waals surface area contributed by atoms with Crippen molar-refractivity contribution < 1.29 is 4.79 Å². The molecule has 0 aliphatic carbocycles. The van der Waals surface area contributed by atoms with Crippen LogP contribution >= 0.6 is 11.6 Å². The van der Waals surface area contributed by atoms with E-state index in [1.807, 2.05) is 6.92 Å². The van der Waals surface area contributed by atoms with Crippen molar-refractivity contribution in [1.29, 1.82) is 0 Å². The highest BCUT2D eigenvalue weighted by Gasteiger charge is 2.13. The lowest BCUT2D eigenvalue weighted by Crippen LogP contribution is -2.30. The van der Waals surface area contributed by atoms with Gasteiger partial charge in [0.2, 0.25) is 0 Å². The van der Waals surface area contributed by atoms with E-state index in [0.29, 0.717) is 29.0 Å². The maximum absolute atomic E-state index is 11.9. The third-order valence-corrected chi connectivity index (χ3v) is 3.27. The van der Waals surface area contributed by atoms with Crippen LogP contribution in [-0.4, -0.2) is 17.4 Å². The minimum Gasteiger partial charge on any atom is -0.352 e. The molecule has 1 heterocycles. The molecule has 0 aliphatic heterocycles. The molecule has 1 unspecified atom stereocenters. The normalized spacial score (nSPS) is 12.6. The number of rotatable bonds is 4. The fourth-order valence-corrected chi connectivity index (χ4v) is 1.57. The summed E-state index contributed by atoms with van der Waals surface area (Å²) in [6, 6.07) is 1.70. The molecule has 94 valence electrons. The molecule has 1 aromatic rings. The van der Waals surface area contributed by atoms with Gasteiger partial charge in [0.25, 0.3) is 5.91 Å². The van der Waals surface area contributed by atoms with Crippen LogP contribution < -0.4 is 5.32 Å². The van der Waals surface area contributed by atoms with Gasteiger partial charge in [0.15, 0.2) is 0 Å². The molecule has 0 aliphatic rings. The minimum atomic E-state index is -0.157. The zero-order chi connectivity index (χ0) is 13.0. The molecule has 1 rings (SSSR count). The van der Waals surface area contributed by atoms with Crippen molar-refractivity contribution in [2.75, 3.05) is 6.54 Å². The number of pyridine rings is 1. The molecule has 3 nitrogen and oxygen atoms in total. The predicted octanol–water partition coefficient (Wildman–Crippen LogP) is 3.07. The average Bonchev–Trinajstić information content (AvgIpc) is 2.25. The Balaban J connectivity index is 2.64. The van der Waals surface area contributed by atoms with Crippen molar-refractivity contribution in [3.8, 4) is 0 Å². The van der Waals surface area contributed by atoms with Crippen LogP contribution in [0.15, 0.2) is 12.3 Å². The lowest BCUT2D eigenvalue weighted by molar-refractivity contribution is 0.0944. The Kier molecular flexibility index (Phi) is 4.94. The lowest BCUT2D eigenvalue weighted by atomic mass is 9.98. The minimum absolute atomic E-state index is 0.157. The fourth-order valence-electron chi connectivity index (χ4n) is 1.28. The van der Waals surface area contributed by atoms with E-state index >= 15 is 0 Å². The van der Waals surface area contributed by atoms with E-state index in [0.717, 1.165) is 5.69 Å². The van der Waals surface area contributed by atoms with Crippen LogP contribution in [0, 0.1) is 18.8 Å². The summed E-state index contributed by atoms with van der Waals surface area (Å²) in [6.07, 6.45) is 1.52. The summed E-state index contributed by atoms with van der Waals surface area (Å²) in [7, 11) is 0. The van der Waals surface area contributed by atoms with Gasteiger partial charge < -0.3 is 5.32 Å². The highest BCUT2D eigenvalue weighted by atomic mass is 35.5. The van der Waals surface area contributed by atoms with Crippen LogP contribution in [0.5, 0.6) is 0 Å². The van der Waals surface area contributed by atoms with Gasteiger partial charge in [0, 0.05) is 18.4 Å². The molecule has 1 amide bonds. The molecule has 0 bridgehead atoms. The summed E-state index contributed by atoms with van der Waals surface area (Å²) >= 11 is 6.00. The smallest absolute Gasteiger partial charge is 0.254 e. The second-order valence-corrected chi connectivity index (χ2v) is 5.14. The van der Waals surface area contributed by atoms with Crippen molar-refractivity contribution in [3.05, 3.63) is 28.5 Å². The summed E-state index contributed by atoms with van der Waals surface area (Å²) in [6.45, 7) is 8.88. The summed E-state index contributed by atoms with van der Waals surface area (Å²) < 4.78 is 0. The molecule has 0 aromatic carbocycles. The van der Waals surface area contributed by atoms with Crippen molar-refractivity contribution in [3.63, 3.8) is 0 Å². The molecule has 0 spiro atoms. The van der Waals surface area contributed by atoms with Gasteiger partial charge >= 0.3 is 0 Å². The van der Waals surface area contributed by atoms with Gasteiger partial charge in [-0.15, -0.1) is 0 Å². The van der Waals surface area contributed by atoms with E-state index in [1.54, 1.807) is 6.07 Å². The Morgan fingerprint density at radius 2 is 2.12 bits per heavy atom. The van der Waals surface area contributed by atoms with Crippen LogP contribution in [0.3, 0.4) is 0 Å². The molecular weight excluding hydrogens is 236 g/mol. The van der Waals surface area contributed by atoms with Gasteiger partial charge in [-0.25, -0.2) is 0 Å². The van der Waals surface area contributed by atoms with E-state index in [-0.39, 0.29) is 5.91 Å². The Hall–Kier alpha value is -1.09. The van der Waals surface area contributed by atoms with Gasteiger partial charge in [-0.2, -0.15) is 0 Å². The van der Waals surface area contributed by atoms with E-state index in [4.69, 9.17) is 11.6 Å². The van der Waals surface area contributed by atoms with Crippen molar-refractivity contribution >= 4 is 17.5 Å². The Morgan fingerprint density at radius 1 is 1.47 bits per heavy atom. The number of carbonyl (C=O) groups is 1. The average molecular weight is 255 g/mol. The number of carbonyl (C=O) groups excluding carboxylic acids is 1. The van der Waals surface area contributed by atoms with Gasteiger partial charge in [-0.3, -0.25) is 9.78 Å². The Morgan fingerprint density at radius 3 is 2.65 bits per heavy atom. The van der Waals surface area contributed by atoms with E-state index in [2.05, 4.69) is 31.1 Å². The third-order valence-electron chi connectivity index (χ3n) is 2.96. The van der Waals surface area contributed by atoms with Gasteiger partial charge in [0.1, 0.15) is 0 Å². The van der Waals surface area contributed by atoms with Crippen LogP contribution in [0.2, 0.25) is 5.02 Å². The van der Waals surface area contributed by atoms with Gasteiger partial charge in [-0.1, -0.05) is 32.4 Å². The van der Waals surface area contributed by atoms with Crippen LogP contribution in [-0.2, 0) is 0 Å². The molecule has 1 N–H and O–H groups in total. The summed E-state index contributed by atoms with van der Waals surface area (Å²) in [4.78, 5) is 15.9. The number of nitrogens with zero attached hydrogens (tertiary/aromatic N) is 1. The van der Waals surface area contributed by atoms with Gasteiger partial charge in [-0.05, 0) is 24.8 Å². The maximum atomic E-state index is 11.9. The first-order valence-corrected chi connectivity index (χ1v) is 6.20. The predicted molar refractivity (Wildman–Crippen MR) is 70.3 cm³/mol. The fraction of sp³-hybridized carbons (Fsp3) is 0.538. The second-order valence-electron chi connectivity index (χ2n) is 4.74. The first-order valence-electron chi connectivity index (χ1n) is 5.82. The molecule has 0 radical (unpaired) electrons. The molecule has 1 aromatic heterocycles. The van der Waals surface area contributed by atoms with Crippen LogP contribution in [0.1, 0.15) is 36.8 Å². The van der Waals surface area contributed by atoms with E-state index in [9.17, 15) is 4.79 Å². The third kappa shape index (κ3) is 4.00. The van der Waals surface area contributed by atoms with Crippen molar-refractivity contribution in [1.82, 2.24) is 10.3 Å². The number of amides is 1. The Labute approximate surface area is 108 Å². The first-order chi connectivity index (χ1) is 7.91. The number of aryl methyl sites for hydroxylation is 1. The molecule has 17 heavy (non-hydrogen) atoms. The molecule has 1 atom stereocenters.